The van der Waals surface area contributed by atoms with Crippen LogP contribution in [0.4, 0.5) is 0 Å². The van der Waals surface area contributed by atoms with Crippen molar-refractivity contribution in [3.8, 4) is 0 Å². The second-order valence-electron chi connectivity index (χ2n) is 8.62. The predicted molar refractivity (Wildman–Crippen MR) is 106 cm³/mol. The van der Waals surface area contributed by atoms with Gasteiger partial charge in [0.2, 0.25) is 11.8 Å². The van der Waals surface area contributed by atoms with E-state index >= 15 is 0 Å². The van der Waals surface area contributed by atoms with Gasteiger partial charge in [0.25, 0.3) is 0 Å². The summed E-state index contributed by atoms with van der Waals surface area (Å²) in [4.78, 5) is 29.1. The summed E-state index contributed by atoms with van der Waals surface area (Å²) < 4.78 is 0. The van der Waals surface area contributed by atoms with E-state index in [2.05, 4.69) is 37.9 Å². The highest BCUT2D eigenvalue weighted by atomic mass is 16.2. The molecule has 3 unspecified atom stereocenters. The van der Waals surface area contributed by atoms with Crippen molar-refractivity contribution in [2.45, 2.75) is 72.3 Å². The third kappa shape index (κ3) is 5.97. The van der Waals surface area contributed by atoms with Crippen LogP contribution >= 0.6 is 0 Å². The van der Waals surface area contributed by atoms with E-state index in [1.54, 1.807) is 0 Å². The molecule has 5 nitrogen and oxygen atoms in total. The number of rotatable bonds is 9. The molecular formula is C21H39N3O2. The van der Waals surface area contributed by atoms with E-state index in [0.717, 1.165) is 50.6 Å². The number of unbranched alkanes of at least 4 members (excludes halogenated alkanes) is 1. The molecule has 0 radical (unpaired) electrons. The van der Waals surface area contributed by atoms with Gasteiger partial charge in [-0.3, -0.25) is 9.59 Å². The van der Waals surface area contributed by atoms with Crippen LogP contribution in [0.15, 0.2) is 0 Å². The van der Waals surface area contributed by atoms with E-state index in [1.165, 1.54) is 19.5 Å². The van der Waals surface area contributed by atoms with E-state index in [0.29, 0.717) is 13.0 Å². The lowest BCUT2D eigenvalue weighted by Crippen LogP contribution is -2.39. The maximum absolute atomic E-state index is 12.4. The molecule has 26 heavy (non-hydrogen) atoms. The maximum Gasteiger partial charge on any atom is 0.225 e. The van der Waals surface area contributed by atoms with Gasteiger partial charge in [0.05, 0.1) is 5.92 Å². The van der Waals surface area contributed by atoms with Crippen molar-refractivity contribution < 1.29 is 9.59 Å². The average molecular weight is 366 g/mol. The zero-order chi connectivity index (χ0) is 19.1. The average Bonchev–Trinajstić information content (AvgIpc) is 2.97. The number of nitrogens with one attached hydrogen (secondary N) is 1. The van der Waals surface area contributed by atoms with Gasteiger partial charge in [-0.1, -0.05) is 27.7 Å². The second-order valence-corrected chi connectivity index (χ2v) is 8.62. The van der Waals surface area contributed by atoms with Gasteiger partial charge in [0.1, 0.15) is 0 Å². The van der Waals surface area contributed by atoms with Crippen LogP contribution in [0.5, 0.6) is 0 Å². The van der Waals surface area contributed by atoms with Crippen molar-refractivity contribution in [1.29, 1.82) is 0 Å². The lowest BCUT2D eigenvalue weighted by molar-refractivity contribution is -0.130. The van der Waals surface area contributed by atoms with Crippen LogP contribution in [0, 0.1) is 17.8 Å². The first kappa shape index (κ1) is 21.2. The fraction of sp³-hybridized carbons (Fsp3) is 0.905. The normalized spacial score (nSPS) is 27.3. The van der Waals surface area contributed by atoms with Crippen molar-refractivity contribution >= 4 is 11.8 Å². The van der Waals surface area contributed by atoms with Gasteiger partial charge in [-0.05, 0) is 50.5 Å². The molecule has 1 N–H and O–H groups in total. The Bertz CT molecular complexity index is 454. The molecule has 2 heterocycles. The van der Waals surface area contributed by atoms with Crippen molar-refractivity contribution in [2.75, 3.05) is 32.7 Å². The highest BCUT2D eigenvalue weighted by Crippen LogP contribution is 2.23. The minimum Gasteiger partial charge on any atom is -0.356 e. The summed E-state index contributed by atoms with van der Waals surface area (Å²) in [7, 11) is 0. The van der Waals surface area contributed by atoms with Crippen molar-refractivity contribution in [2.24, 2.45) is 17.8 Å². The number of hydrogen-bond acceptors (Lipinski definition) is 3. The summed E-state index contributed by atoms with van der Waals surface area (Å²) in [5, 5.41) is 3.06. The standard InChI is InChI=1S/C21H39N3O2/c1-5-19(6-2)24-15-18(12-20(24)25)21(26)22-9-7-8-10-23-13-16(3)11-17(4)14-23/h16-19H,5-15H2,1-4H3,(H,22,26). The van der Waals surface area contributed by atoms with Crippen LogP contribution in [0.25, 0.3) is 0 Å². The summed E-state index contributed by atoms with van der Waals surface area (Å²) >= 11 is 0. The van der Waals surface area contributed by atoms with Gasteiger partial charge < -0.3 is 15.1 Å². The van der Waals surface area contributed by atoms with Crippen LogP contribution in [0.2, 0.25) is 0 Å². The van der Waals surface area contributed by atoms with Gasteiger partial charge in [-0.15, -0.1) is 0 Å². The molecule has 2 rings (SSSR count). The molecule has 2 fully saturated rings. The molecular weight excluding hydrogens is 326 g/mol. The van der Waals surface area contributed by atoms with Gasteiger partial charge in [-0.2, -0.15) is 0 Å². The number of carbonyl (C=O) groups is 2. The van der Waals surface area contributed by atoms with Crippen LogP contribution in [0.3, 0.4) is 0 Å². The van der Waals surface area contributed by atoms with Crippen LogP contribution in [-0.4, -0.2) is 60.4 Å². The molecule has 3 atom stereocenters. The summed E-state index contributed by atoms with van der Waals surface area (Å²) in [6.07, 6.45) is 5.80. The Morgan fingerprint density at radius 3 is 2.38 bits per heavy atom. The molecule has 0 saturated carbocycles. The van der Waals surface area contributed by atoms with Crippen LogP contribution < -0.4 is 5.32 Å². The topological polar surface area (TPSA) is 52.7 Å². The molecule has 5 heteroatoms. The molecule has 2 saturated heterocycles. The summed E-state index contributed by atoms with van der Waals surface area (Å²) in [5.74, 6) is 1.65. The quantitative estimate of drug-likeness (QED) is 0.639. The number of hydrogen-bond donors (Lipinski definition) is 1. The van der Waals surface area contributed by atoms with E-state index in [9.17, 15) is 9.59 Å². The molecule has 0 aliphatic carbocycles. The Morgan fingerprint density at radius 2 is 1.77 bits per heavy atom. The maximum atomic E-state index is 12.4. The molecule has 2 aliphatic rings. The highest BCUT2D eigenvalue weighted by molar-refractivity contribution is 5.89. The Morgan fingerprint density at radius 1 is 1.12 bits per heavy atom. The smallest absolute Gasteiger partial charge is 0.225 e. The Kier molecular flexibility index (Phi) is 8.39. The zero-order valence-electron chi connectivity index (χ0n) is 17.3. The number of carbonyl (C=O) groups excluding carboxylic acids is 2. The Balaban J connectivity index is 1.62. The van der Waals surface area contributed by atoms with Crippen molar-refractivity contribution in [1.82, 2.24) is 15.1 Å². The first-order chi connectivity index (χ1) is 12.4. The van der Waals surface area contributed by atoms with E-state index in [4.69, 9.17) is 0 Å². The number of piperidine rings is 1. The zero-order valence-corrected chi connectivity index (χ0v) is 17.3. The van der Waals surface area contributed by atoms with Crippen LogP contribution in [-0.2, 0) is 9.59 Å². The number of likely N-dealkylation sites (tertiary alicyclic amines) is 2. The van der Waals surface area contributed by atoms with E-state index in [-0.39, 0.29) is 23.8 Å². The number of amides is 2. The third-order valence-electron chi connectivity index (χ3n) is 6.06. The van der Waals surface area contributed by atoms with Crippen molar-refractivity contribution in [3.05, 3.63) is 0 Å². The molecule has 2 amide bonds. The fourth-order valence-corrected chi connectivity index (χ4v) is 4.78. The minimum atomic E-state index is -0.160. The fourth-order valence-electron chi connectivity index (χ4n) is 4.78. The predicted octanol–water partition coefficient (Wildman–Crippen LogP) is 2.90. The summed E-state index contributed by atoms with van der Waals surface area (Å²) in [5.41, 5.74) is 0. The van der Waals surface area contributed by atoms with Crippen LogP contribution in [0.1, 0.15) is 66.2 Å². The first-order valence-electron chi connectivity index (χ1n) is 10.7. The lowest BCUT2D eigenvalue weighted by Gasteiger charge is -2.34. The Labute approximate surface area is 159 Å². The van der Waals surface area contributed by atoms with Gasteiger partial charge in [0, 0.05) is 38.6 Å². The molecule has 0 bridgehead atoms. The van der Waals surface area contributed by atoms with Crippen molar-refractivity contribution in [3.63, 3.8) is 0 Å². The first-order valence-corrected chi connectivity index (χ1v) is 10.7. The highest BCUT2D eigenvalue weighted by Gasteiger charge is 2.36. The molecule has 0 aromatic heterocycles. The van der Waals surface area contributed by atoms with E-state index in [1.807, 2.05) is 4.90 Å². The monoisotopic (exact) mass is 365 g/mol. The van der Waals surface area contributed by atoms with Gasteiger partial charge in [0.15, 0.2) is 0 Å². The Hall–Kier alpha value is -1.10. The SMILES string of the molecule is CCC(CC)N1CC(C(=O)NCCCCN2CC(C)CC(C)C2)CC1=O. The van der Waals surface area contributed by atoms with E-state index < -0.39 is 0 Å². The number of nitrogens with zero attached hydrogens (tertiary/aromatic N) is 2. The molecule has 2 aliphatic heterocycles. The lowest BCUT2D eigenvalue weighted by atomic mass is 9.92. The summed E-state index contributed by atoms with van der Waals surface area (Å²) in [6.45, 7) is 13.8. The molecule has 0 aromatic carbocycles. The van der Waals surface area contributed by atoms with Gasteiger partial charge in [-0.25, -0.2) is 0 Å². The molecule has 0 spiro atoms. The third-order valence-corrected chi connectivity index (χ3v) is 6.06. The van der Waals surface area contributed by atoms with Gasteiger partial charge >= 0.3 is 0 Å². The molecule has 0 aromatic rings. The minimum absolute atomic E-state index is 0.0621. The molecule has 150 valence electrons. The largest absolute Gasteiger partial charge is 0.356 e. The second kappa shape index (κ2) is 10.3. The summed E-state index contributed by atoms with van der Waals surface area (Å²) in [6, 6.07) is 0.287.